The van der Waals surface area contributed by atoms with Gasteiger partial charge in [-0.25, -0.2) is 0 Å². The number of rotatable bonds is 2. The Labute approximate surface area is 168 Å². The summed E-state index contributed by atoms with van der Waals surface area (Å²) in [5.41, 5.74) is -1.32. The Morgan fingerprint density at radius 2 is 1.69 bits per heavy atom. The predicted octanol–water partition coefficient (Wildman–Crippen LogP) is 2.87. The molecule has 0 aliphatic carbocycles. The van der Waals surface area contributed by atoms with E-state index in [0.29, 0.717) is 6.07 Å². The van der Waals surface area contributed by atoms with E-state index in [0.717, 1.165) is 6.07 Å². The van der Waals surface area contributed by atoms with E-state index in [-0.39, 0.29) is 43.5 Å². The van der Waals surface area contributed by atoms with E-state index >= 15 is 0 Å². The quantitative estimate of drug-likeness (QED) is 0.744. The van der Waals surface area contributed by atoms with Crippen molar-refractivity contribution in [2.75, 3.05) is 31.5 Å². The van der Waals surface area contributed by atoms with Crippen LogP contribution < -0.4 is 5.32 Å². The first-order chi connectivity index (χ1) is 13.7. The lowest BCUT2D eigenvalue weighted by atomic mass is 10.2. The molecule has 0 saturated carbocycles. The number of carbonyl (C=O) groups excluding carboxylic acids is 3. The maximum atomic E-state index is 12.9. The van der Waals surface area contributed by atoms with Crippen molar-refractivity contribution in [2.45, 2.75) is 6.18 Å². The Morgan fingerprint density at radius 3 is 2.28 bits per heavy atom. The first-order valence-electron chi connectivity index (χ1n) is 8.46. The molecule has 7 nitrogen and oxygen atoms in total. The molecule has 2 aromatic rings. The van der Waals surface area contributed by atoms with Crippen LogP contribution in [0.4, 0.5) is 18.9 Å². The van der Waals surface area contributed by atoms with E-state index in [4.69, 9.17) is 16.0 Å². The molecule has 1 fully saturated rings. The summed E-state index contributed by atoms with van der Waals surface area (Å²) in [6.07, 6.45) is -3.32. The van der Waals surface area contributed by atoms with Crippen LogP contribution in [0.2, 0.25) is 5.02 Å². The van der Waals surface area contributed by atoms with E-state index in [1.807, 2.05) is 0 Å². The fraction of sp³-hybridized carbons (Fsp3) is 0.278. The zero-order valence-electron chi connectivity index (χ0n) is 14.8. The number of halogens is 4. The summed E-state index contributed by atoms with van der Waals surface area (Å²) in [5, 5.41) is 1.64. The van der Waals surface area contributed by atoms with Crippen LogP contribution in [0.5, 0.6) is 0 Å². The van der Waals surface area contributed by atoms with E-state index in [2.05, 4.69) is 5.32 Å². The van der Waals surface area contributed by atoms with Gasteiger partial charge in [0, 0.05) is 31.9 Å². The molecule has 154 valence electrons. The minimum Gasteiger partial charge on any atom is -0.459 e. The highest BCUT2D eigenvalue weighted by Gasteiger charge is 2.34. The Hall–Kier alpha value is -3.01. The molecule has 0 atom stereocenters. The van der Waals surface area contributed by atoms with Crippen LogP contribution in [0, 0.1) is 0 Å². The zero-order chi connectivity index (χ0) is 21.2. The van der Waals surface area contributed by atoms with Crippen LogP contribution in [0.15, 0.2) is 41.0 Å². The fourth-order valence-electron chi connectivity index (χ4n) is 2.82. The number of hydrogen-bond acceptors (Lipinski definition) is 4. The van der Waals surface area contributed by atoms with Crippen LogP contribution >= 0.6 is 11.6 Å². The van der Waals surface area contributed by atoms with Crippen LogP contribution in [0.1, 0.15) is 16.1 Å². The van der Waals surface area contributed by atoms with Crippen molar-refractivity contribution in [3.63, 3.8) is 0 Å². The number of nitrogens with one attached hydrogen (secondary N) is 1. The van der Waals surface area contributed by atoms with Crippen LogP contribution in [-0.4, -0.2) is 53.7 Å². The molecular formula is C18H15ClF3N3O4. The molecule has 3 amide bonds. The molecule has 0 bridgehead atoms. The molecule has 0 radical (unpaired) electrons. The third kappa shape index (κ3) is 4.70. The molecule has 1 saturated heterocycles. The Balaban J connectivity index is 1.59. The normalized spacial score (nSPS) is 14.6. The fourth-order valence-corrected chi connectivity index (χ4v) is 3.04. The van der Waals surface area contributed by atoms with Crippen molar-refractivity contribution in [2.24, 2.45) is 0 Å². The first kappa shape index (κ1) is 20.7. The Kier molecular flexibility index (Phi) is 5.83. The third-order valence-electron chi connectivity index (χ3n) is 4.31. The van der Waals surface area contributed by atoms with Gasteiger partial charge < -0.3 is 19.5 Å². The second kappa shape index (κ2) is 8.16. The van der Waals surface area contributed by atoms with E-state index < -0.39 is 28.6 Å². The molecule has 29 heavy (non-hydrogen) atoms. The summed E-state index contributed by atoms with van der Waals surface area (Å²) in [6.45, 7) is 0.593. The van der Waals surface area contributed by atoms with Gasteiger partial charge in [0.05, 0.1) is 16.8 Å². The van der Waals surface area contributed by atoms with Gasteiger partial charge in [-0.1, -0.05) is 11.6 Å². The van der Waals surface area contributed by atoms with Crippen molar-refractivity contribution in [1.82, 2.24) is 9.80 Å². The Morgan fingerprint density at radius 1 is 1.03 bits per heavy atom. The van der Waals surface area contributed by atoms with Crippen LogP contribution in [0.3, 0.4) is 0 Å². The van der Waals surface area contributed by atoms with Gasteiger partial charge in [-0.05, 0) is 30.3 Å². The van der Waals surface area contributed by atoms with Gasteiger partial charge in [0.1, 0.15) is 0 Å². The first-order valence-corrected chi connectivity index (χ1v) is 8.84. The van der Waals surface area contributed by atoms with Gasteiger partial charge in [0.15, 0.2) is 5.76 Å². The average Bonchev–Trinajstić information content (AvgIpc) is 3.22. The number of anilines is 1. The largest absolute Gasteiger partial charge is 0.459 e. The molecule has 0 unspecified atom stereocenters. The molecular weight excluding hydrogens is 415 g/mol. The second-order valence-corrected chi connectivity index (χ2v) is 6.62. The highest BCUT2D eigenvalue weighted by atomic mass is 35.5. The Bertz CT molecular complexity index is 923. The number of hydrogen-bond donors (Lipinski definition) is 1. The van der Waals surface area contributed by atoms with Crippen molar-refractivity contribution in [3.05, 3.63) is 52.9 Å². The number of benzene rings is 1. The molecule has 1 aliphatic rings. The van der Waals surface area contributed by atoms with Gasteiger partial charge in [-0.2, -0.15) is 13.2 Å². The maximum absolute atomic E-state index is 12.9. The lowest BCUT2D eigenvalue weighted by molar-refractivity contribution is -0.144. The van der Waals surface area contributed by atoms with E-state index in [1.165, 1.54) is 28.2 Å². The maximum Gasteiger partial charge on any atom is 0.417 e. The summed E-state index contributed by atoms with van der Waals surface area (Å²) < 4.78 is 43.8. The minimum absolute atomic E-state index is 0.104. The molecule has 0 spiro atoms. The molecule has 1 aliphatic heterocycles. The van der Waals surface area contributed by atoms with Gasteiger partial charge in [0.2, 0.25) is 0 Å². The number of carbonyl (C=O) groups is 3. The lowest BCUT2D eigenvalue weighted by Crippen LogP contribution is -2.52. The molecule has 1 aromatic carbocycles. The van der Waals surface area contributed by atoms with Gasteiger partial charge >= 0.3 is 18.0 Å². The van der Waals surface area contributed by atoms with Gasteiger partial charge in [0.25, 0.3) is 5.91 Å². The molecule has 1 aromatic heterocycles. The summed E-state index contributed by atoms with van der Waals surface area (Å²) in [4.78, 5) is 39.4. The van der Waals surface area contributed by atoms with Crippen molar-refractivity contribution >= 4 is 35.0 Å². The summed E-state index contributed by atoms with van der Waals surface area (Å²) in [6, 6.07) is 5.92. The molecule has 3 rings (SSSR count). The van der Waals surface area contributed by atoms with Gasteiger partial charge in [-0.3, -0.25) is 14.4 Å². The summed E-state index contributed by atoms with van der Waals surface area (Å²) in [5.74, 6) is -2.14. The number of amides is 3. The van der Waals surface area contributed by atoms with Crippen LogP contribution in [-0.2, 0) is 15.8 Å². The zero-order valence-corrected chi connectivity index (χ0v) is 15.6. The number of furan rings is 1. The summed E-state index contributed by atoms with van der Waals surface area (Å²) in [7, 11) is 0. The molecule has 11 heteroatoms. The SMILES string of the molecule is O=C(Nc1ccc(Cl)c(C(F)(F)F)c1)C(=O)N1CCN(C(=O)c2ccco2)CC1. The number of alkyl halides is 3. The average molecular weight is 430 g/mol. The third-order valence-corrected chi connectivity index (χ3v) is 4.64. The smallest absolute Gasteiger partial charge is 0.417 e. The van der Waals surface area contributed by atoms with Crippen LogP contribution in [0.25, 0.3) is 0 Å². The van der Waals surface area contributed by atoms with Gasteiger partial charge in [-0.15, -0.1) is 0 Å². The van der Waals surface area contributed by atoms with E-state index in [9.17, 15) is 27.6 Å². The van der Waals surface area contributed by atoms with Crippen molar-refractivity contribution < 1.29 is 32.0 Å². The second-order valence-electron chi connectivity index (χ2n) is 6.21. The highest BCUT2D eigenvalue weighted by molar-refractivity contribution is 6.39. The monoisotopic (exact) mass is 429 g/mol. The standard InChI is InChI=1S/C18H15ClF3N3O4/c19-13-4-3-11(10-12(13)18(20,21)22)23-15(26)17(28)25-7-5-24(6-8-25)16(27)14-2-1-9-29-14/h1-4,9-10H,5-8H2,(H,23,26). The van der Waals surface area contributed by atoms with Crippen molar-refractivity contribution in [1.29, 1.82) is 0 Å². The van der Waals surface area contributed by atoms with Crippen molar-refractivity contribution in [3.8, 4) is 0 Å². The minimum atomic E-state index is -4.70. The summed E-state index contributed by atoms with van der Waals surface area (Å²) >= 11 is 5.53. The predicted molar refractivity (Wildman–Crippen MR) is 96.3 cm³/mol. The number of piperazine rings is 1. The highest BCUT2D eigenvalue weighted by Crippen LogP contribution is 2.36. The lowest BCUT2D eigenvalue weighted by Gasteiger charge is -2.33. The molecule has 1 N–H and O–H groups in total. The number of nitrogens with zero attached hydrogens (tertiary/aromatic N) is 2. The van der Waals surface area contributed by atoms with E-state index in [1.54, 1.807) is 6.07 Å². The topological polar surface area (TPSA) is 82.9 Å². The molecule has 2 heterocycles.